The van der Waals surface area contributed by atoms with Crippen LogP contribution in [0.2, 0.25) is 0 Å². The van der Waals surface area contributed by atoms with E-state index in [9.17, 15) is 4.79 Å². The highest BCUT2D eigenvalue weighted by atomic mass is 16.2. The van der Waals surface area contributed by atoms with E-state index in [4.69, 9.17) is 0 Å². The second-order valence-electron chi connectivity index (χ2n) is 7.59. The van der Waals surface area contributed by atoms with Crippen molar-refractivity contribution in [3.05, 3.63) is 65.9 Å². The quantitative estimate of drug-likeness (QED) is 0.554. The molecule has 7 heteroatoms. The highest BCUT2D eigenvalue weighted by Crippen LogP contribution is 2.23. The molecule has 0 unspecified atom stereocenters. The standard InChI is InChI=1S/C23H26N6O/c1-16-5-10-21(17(2)13-16)27-23(30)26-19-8-6-18(7-9-19)25-22-14-20(15-24-28-22)29-11-3-4-12-29/h5-10,13-15H,3-4,11-12H2,1-2H3,(H,25,28)(H2,26,27,30). The van der Waals surface area contributed by atoms with E-state index in [0.717, 1.165) is 41.3 Å². The summed E-state index contributed by atoms with van der Waals surface area (Å²) in [5, 5.41) is 17.3. The largest absolute Gasteiger partial charge is 0.370 e. The first-order valence-electron chi connectivity index (χ1n) is 10.2. The molecule has 3 N–H and O–H groups in total. The summed E-state index contributed by atoms with van der Waals surface area (Å²) in [5.41, 5.74) is 5.67. The van der Waals surface area contributed by atoms with Gasteiger partial charge < -0.3 is 20.9 Å². The summed E-state index contributed by atoms with van der Waals surface area (Å²) in [6.45, 7) is 6.14. The van der Waals surface area contributed by atoms with Crippen molar-refractivity contribution in [1.82, 2.24) is 10.2 Å². The Bertz CT molecular complexity index is 1030. The van der Waals surface area contributed by atoms with Crippen LogP contribution in [0, 0.1) is 13.8 Å². The van der Waals surface area contributed by atoms with Crippen molar-refractivity contribution in [1.29, 1.82) is 0 Å². The van der Waals surface area contributed by atoms with E-state index in [-0.39, 0.29) is 6.03 Å². The second-order valence-corrected chi connectivity index (χ2v) is 7.59. The van der Waals surface area contributed by atoms with E-state index in [1.165, 1.54) is 12.8 Å². The van der Waals surface area contributed by atoms with Crippen LogP contribution in [0.25, 0.3) is 0 Å². The molecule has 7 nitrogen and oxygen atoms in total. The van der Waals surface area contributed by atoms with Crippen molar-refractivity contribution in [2.24, 2.45) is 0 Å². The zero-order chi connectivity index (χ0) is 20.9. The van der Waals surface area contributed by atoms with Crippen LogP contribution in [0.5, 0.6) is 0 Å². The Morgan fingerprint density at radius 1 is 0.933 bits per heavy atom. The Kier molecular flexibility index (Phi) is 5.79. The van der Waals surface area contributed by atoms with E-state index in [2.05, 4.69) is 31.0 Å². The molecule has 1 aromatic heterocycles. The number of benzene rings is 2. The van der Waals surface area contributed by atoms with Crippen molar-refractivity contribution >= 4 is 34.6 Å². The summed E-state index contributed by atoms with van der Waals surface area (Å²) in [4.78, 5) is 14.6. The topological polar surface area (TPSA) is 82.2 Å². The van der Waals surface area contributed by atoms with Gasteiger partial charge >= 0.3 is 6.03 Å². The number of aromatic nitrogens is 2. The van der Waals surface area contributed by atoms with Crippen molar-refractivity contribution in [3.63, 3.8) is 0 Å². The van der Waals surface area contributed by atoms with Crippen LogP contribution in [0.4, 0.5) is 33.4 Å². The van der Waals surface area contributed by atoms with Crippen LogP contribution in [0.1, 0.15) is 24.0 Å². The highest BCUT2D eigenvalue weighted by molar-refractivity contribution is 6.00. The number of hydrogen-bond acceptors (Lipinski definition) is 5. The number of urea groups is 1. The van der Waals surface area contributed by atoms with E-state index in [0.29, 0.717) is 11.5 Å². The molecule has 154 valence electrons. The predicted molar refractivity (Wildman–Crippen MR) is 122 cm³/mol. The molecule has 0 saturated carbocycles. The molecule has 0 aliphatic carbocycles. The number of carbonyl (C=O) groups is 1. The van der Waals surface area contributed by atoms with E-state index in [1.54, 1.807) is 6.20 Å². The van der Waals surface area contributed by atoms with Crippen molar-refractivity contribution in [3.8, 4) is 0 Å². The van der Waals surface area contributed by atoms with E-state index in [1.807, 2.05) is 62.4 Å². The van der Waals surface area contributed by atoms with Gasteiger partial charge in [-0.15, -0.1) is 5.10 Å². The molecule has 4 rings (SSSR count). The molecule has 30 heavy (non-hydrogen) atoms. The maximum absolute atomic E-state index is 12.3. The fourth-order valence-corrected chi connectivity index (χ4v) is 3.59. The molecule has 3 aromatic rings. The molecular weight excluding hydrogens is 376 g/mol. The van der Waals surface area contributed by atoms with Gasteiger partial charge in [-0.3, -0.25) is 0 Å². The van der Waals surface area contributed by atoms with Crippen LogP contribution in [-0.2, 0) is 0 Å². The molecule has 1 aliphatic heterocycles. The first kappa shape index (κ1) is 19.7. The Morgan fingerprint density at radius 2 is 1.67 bits per heavy atom. The summed E-state index contributed by atoms with van der Waals surface area (Å²) >= 11 is 0. The van der Waals surface area contributed by atoms with Crippen molar-refractivity contribution in [2.45, 2.75) is 26.7 Å². The van der Waals surface area contributed by atoms with Gasteiger partial charge in [-0.25, -0.2) is 4.79 Å². The summed E-state index contributed by atoms with van der Waals surface area (Å²) in [5.74, 6) is 0.702. The zero-order valence-electron chi connectivity index (χ0n) is 17.3. The van der Waals surface area contributed by atoms with Gasteiger partial charge in [0.1, 0.15) is 0 Å². The van der Waals surface area contributed by atoms with Crippen LogP contribution in [0.15, 0.2) is 54.7 Å². The summed E-state index contributed by atoms with van der Waals surface area (Å²) in [6, 6.07) is 15.2. The molecule has 0 atom stereocenters. The zero-order valence-corrected chi connectivity index (χ0v) is 17.3. The van der Waals surface area contributed by atoms with Gasteiger partial charge in [-0.1, -0.05) is 17.7 Å². The Balaban J connectivity index is 1.36. The minimum Gasteiger partial charge on any atom is -0.370 e. The van der Waals surface area contributed by atoms with Crippen LogP contribution in [0.3, 0.4) is 0 Å². The SMILES string of the molecule is Cc1ccc(NC(=O)Nc2ccc(Nc3cc(N4CCCC4)cnn3)cc2)c(C)c1. The number of rotatable bonds is 5. The van der Waals surface area contributed by atoms with Gasteiger partial charge in [-0.2, -0.15) is 5.10 Å². The maximum Gasteiger partial charge on any atom is 0.323 e. The molecule has 2 amide bonds. The van der Waals surface area contributed by atoms with E-state index < -0.39 is 0 Å². The lowest BCUT2D eigenvalue weighted by molar-refractivity contribution is 0.262. The average Bonchev–Trinajstić information content (AvgIpc) is 3.27. The molecule has 0 radical (unpaired) electrons. The lowest BCUT2D eigenvalue weighted by Gasteiger charge is -2.17. The van der Waals surface area contributed by atoms with Crippen molar-refractivity contribution < 1.29 is 4.79 Å². The summed E-state index contributed by atoms with van der Waals surface area (Å²) < 4.78 is 0. The molecule has 1 saturated heterocycles. The molecule has 2 heterocycles. The second kappa shape index (κ2) is 8.82. The number of anilines is 5. The monoisotopic (exact) mass is 402 g/mol. The maximum atomic E-state index is 12.3. The number of amides is 2. The van der Waals surface area contributed by atoms with Crippen LogP contribution >= 0.6 is 0 Å². The third-order valence-corrected chi connectivity index (χ3v) is 5.16. The summed E-state index contributed by atoms with van der Waals surface area (Å²) in [6.07, 6.45) is 4.24. The number of carbonyl (C=O) groups excluding carboxylic acids is 1. The van der Waals surface area contributed by atoms with Crippen molar-refractivity contribution in [2.75, 3.05) is 33.9 Å². The lowest BCUT2D eigenvalue weighted by atomic mass is 10.1. The van der Waals surface area contributed by atoms with Gasteiger partial charge in [0, 0.05) is 36.2 Å². The fraction of sp³-hybridized carbons (Fsp3) is 0.261. The fourth-order valence-electron chi connectivity index (χ4n) is 3.59. The third-order valence-electron chi connectivity index (χ3n) is 5.16. The summed E-state index contributed by atoms with van der Waals surface area (Å²) in [7, 11) is 0. The van der Waals surface area contributed by atoms with Gasteiger partial charge in [0.25, 0.3) is 0 Å². The number of hydrogen-bond donors (Lipinski definition) is 3. The molecule has 1 aliphatic rings. The molecule has 2 aromatic carbocycles. The van der Waals surface area contributed by atoms with Gasteiger partial charge in [0.2, 0.25) is 0 Å². The number of nitrogens with zero attached hydrogens (tertiary/aromatic N) is 3. The van der Waals surface area contributed by atoms with Crippen LogP contribution < -0.4 is 20.9 Å². The number of aryl methyl sites for hydroxylation is 2. The molecule has 0 spiro atoms. The van der Waals surface area contributed by atoms with Gasteiger partial charge in [-0.05, 0) is 62.6 Å². The highest BCUT2D eigenvalue weighted by Gasteiger charge is 2.13. The van der Waals surface area contributed by atoms with E-state index >= 15 is 0 Å². The Morgan fingerprint density at radius 3 is 2.40 bits per heavy atom. The predicted octanol–water partition coefficient (Wildman–Crippen LogP) is 5.08. The molecular formula is C23H26N6O. The smallest absolute Gasteiger partial charge is 0.323 e. The molecule has 0 bridgehead atoms. The number of nitrogens with one attached hydrogen (secondary N) is 3. The first-order chi connectivity index (χ1) is 14.6. The minimum atomic E-state index is -0.271. The van der Waals surface area contributed by atoms with Crippen LogP contribution in [-0.4, -0.2) is 29.3 Å². The molecule has 1 fully saturated rings. The lowest BCUT2D eigenvalue weighted by Crippen LogP contribution is -2.20. The Hall–Kier alpha value is -3.61. The van der Waals surface area contributed by atoms with Gasteiger partial charge in [0.05, 0.1) is 11.9 Å². The minimum absolute atomic E-state index is 0.271. The normalized spacial score (nSPS) is 13.2. The first-order valence-corrected chi connectivity index (χ1v) is 10.2. The third kappa shape index (κ3) is 4.86. The average molecular weight is 403 g/mol. The Labute approximate surface area is 176 Å². The van der Waals surface area contributed by atoms with Gasteiger partial charge in [0.15, 0.2) is 5.82 Å².